The van der Waals surface area contributed by atoms with Crippen molar-refractivity contribution in [2.24, 2.45) is 29.1 Å². The van der Waals surface area contributed by atoms with Gasteiger partial charge in [-0.3, -0.25) is 14.4 Å². The van der Waals surface area contributed by atoms with Crippen molar-refractivity contribution in [3.63, 3.8) is 0 Å². The van der Waals surface area contributed by atoms with Crippen LogP contribution < -0.4 is 10.6 Å². The van der Waals surface area contributed by atoms with E-state index in [0.29, 0.717) is 18.1 Å². The monoisotopic (exact) mass is 501 g/mol. The number of likely N-dealkylation sites (tertiary alicyclic amines) is 1. The maximum atomic E-state index is 13.3. The number of carboxylic acid groups (broad SMARTS) is 1. The third-order valence-electron chi connectivity index (χ3n) is 8.23. The lowest BCUT2D eigenvalue weighted by Crippen LogP contribution is -2.44. The number of nitrogens with one attached hydrogen (secondary N) is 2. The Balaban J connectivity index is 0.000000917. The van der Waals surface area contributed by atoms with E-state index in [2.05, 4.69) is 27.7 Å². The molecule has 7 nitrogen and oxygen atoms in total. The Morgan fingerprint density at radius 1 is 1.00 bits per heavy atom. The lowest BCUT2D eigenvalue weighted by Gasteiger charge is -2.26. The van der Waals surface area contributed by atoms with Crippen LogP contribution in [0.1, 0.15) is 44.1 Å². The fourth-order valence-electron chi connectivity index (χ4n) is 6.41. The summed E-state index contributed by atoms with van der Waals surface area (Å²) >= 11 is 5.97. The van der Waals surface area contributed by atoms with Crippen LogP contribution >= 0.6 is 11.6 Å². The highest BCUT2D eigenvalue weighted by molar-refractivity contribution is 6.30. The van der Waals surface area contributed by atoms with Crippen LogP contribution in [0.2, 0.25) is 5.02 Å². The Labute approximate surface area is 212 Å². The van der Waals surface area contributed by atoms with E-state index in [1.165, 1.54) is 25.9 Å². The number of rotatable bonds is 9. The van der Waals surface area contributed by atoms with Crippen LogP contribution in [0.15, 0.2) is 36.4 Å². The molecule has 4 aliphatic rings. The van der Waals surface area contributed by atoms with Gasteiger partial charge in [-0.15, -0.1) is 0 Å². The SMILES string of the molecule is O=C(NCCCCN1CCCC1)[C@H]1[C@H](C(=O)NCc2ccc(Cl)cc2)[C@@H]2C=C[C@H]1C21CC1.O=CO. The van der Waals surface area contributed by atoms with Gasteiger partial charge in [0, 0.05) is 18.1 Å². The predicted molar refractivity (Wildman–Crippen MR) is 135 cm³/mol. The zero-order valence-corrected chi connectivity index (χ0v) is 20.9. The molecule has 1 heterocycles. The molecule has 1 aromatic rings. The van der Waals surface area contributed by atoms with Gasteiger partial charge in [0.2, 0.25) is 11.8 Å². The number of carbonyl (C=O) groups is 3. The van der Waals surface area contributed by atoms with Crippen molar-refractivity contribution in [3.8, 4) is 0 Å². The molecule has 0 aromatic heterocycles. The molecule has 1 spiro atoms. The van der Waals surface area contributed by atoms with Gasteiger partial charge in [0.1, 0.15) is 0 Å². The first kappa shape index (κ1) is 25.7. The van der Waals surface area contributed by atoms with Crippen LogP contribution in [0.25, 0.3) is 0 Å². The molecule has 3 N–H and O–H groups in total. The smallest absolute Gasteiger partial charge is 0.290 e. The molecule has 1 aliphatic heterocycles. The van der Waals surface area contributed by atoms with Gasteiger partial charge < -0.3 is 20.6 Å². The summed E-state index contributed by atoms with van der Waals surface area (Å²) in [6.07, 6.45) is 11.5. The van der Waals surface area contributed by atoms with Crippen molar-refractivity contribution < 1.29 is 19.5 Å². The molecule has 3 aliphatic carbocycles. The molecule has 0 unspecified atom stereocenters. The van der Waals surface area contributed by atoms with E-state index in [9.17, 15) is 9.59 Å². The fourth-order valence-corrected chi connectivity index (χ4v) is 6.54. The van der Waals surface area contributed by atoms with Gasteiger partial charge in [-0.25, -0.2) is 0 Å². The number of unbranched alkanes of at least 4 members (excludes halogenated alkanes) is 1. The zero-order chi connectivity index (χ0) is 24.8. The van der Waals surface area contributed by atoms with Crippen molar-refractivity contribution in [1.82, 2.24) is 15.5 Å². The molecule has 2 bridgehead atoms. The van der Waals surface area contributed by atoms with Crippen LogP contribution in [0.3, 0.4) is 0 Å². The quantitative estimate of drug-likeness (QED) is 0.273. The van der Waals surface area contributed by atoms with Gasteiger partial charge in [0.05, 0.1) is 11.8 Å². The predicted octanol–water partition coefficient (Wildman–Crippen LogP) is 3.48. The van der Waals surface area contributed by atoms with Gasteiger partial charge in [0.25, 0.3) is 6.47 Å². The standard InChI is InChI=1S/C26H34ClN3O2.CH2O2/c27-19-7-5-18(6-8-19)17-29-25(32)23-21-10-9-20(26(21)11-12-26)22(23)24(31)28-13-1-2-14-30-15-3-4-16-30;2-1-3/h5-10,20-23H,1-4,11-17H2,(H,28,31)(H,29,32);1H,(H,2,3)/t20-,21+,22-,23-;/m1./s1. The topological polar surface area (TPSA) is 98.7 Å². The summed E-state index contributed by atoms with van der Waals surface area (Å²) in [5, 5.41) is 13.9. The Hall–Kier alpha value is -2.38. The molecule has 2 amide bonds. The van der Waals surface area contributed by atoms with Gasteiger partial charge in [-0.1, -0.05) is 35.9 Å². The summed E-state index contributed by atoms with van der Waals surface area (Å²) in [5.41, 5.74) is 1.18. The first-order valence-electron chi connectivity index (χ1n) is 12.8. The van der Waals surface area contributed by atoms with E-state index in [4.69, 9.17) is 21.5 Å². The molecule has 190 valence electrons. The van der Waals surface area contributed by atoms with Crippen LogP contribution in [0.4, 0.5) is 0 Å². The average molecular weight is 502 g/mol. The first-order valence-corrected chi connectivity index (χ1v) is 13.2. The van der Waals surface area contributed by atoms with Crippen LogP contribution in [-0.4, -0.2) is 54.5 Å². The van der Waals surface area contributed by atoms with Gasteiger partial charge in [0.15, 0.2) is 0 Å². The van der Waals surface area contributed by atoms with Crippen molar-refractivity contribution in [3.05, 3.63) is 47.0 Å². The summed E-state index contributed by atoms with van der Waals surface area (Å²) in [6, 6.07) is 7.53. The lowest BCUT2D eigenvalue weighted by molar-refractivity contribution is -0.135. The number of hydrogen-bond acceptors (Lipinski definition) is 4. The van der Waals surface area contributed by atoms with E-state index in [1.807, 2.05) is 24.3 Å². The number of amides is 2. The highest BCUT2D eigenvalue weighted by Crippen LogP contribution is 2.72. The maximum absolute atomic E-state index is 13.3. The molecular weight excluding hydrogens is 466 g/mol. The minimum absolute atomic E-state index is 0.0114. The normalized spacial score (nSPS) is 27.3. The van der Waals surface area contributed by atoms with Crippen LogP contribution in [-0.2, 0) is 20.9 Å². The largest absolute Gasteiger partial charge is 0.483 e. The first-order chi connectivity index (χ1) is 17.0. The van der Waals surface area contributed by atoms with Gasteiger partial charge in [-0.2, -0.15) is 0 Å². The molecule has 5 rings (SSSR count). The minimum Gasteiger partial charge on any atom is -0.483 e. The van der Waals surface area contributed by atoms with Crippen molar-refractivity contribution in [2.75, 3.05) is 26.2 Å². The molecule has 1 saturated heterocycles. The molecule has 3 fully saturated rings. The third-order valence-corrected chi connectivity index (χ3v) is 8.48. The number of carbonyl (C=O) groups excluding carboxylic acids is 2. The highest BCUT2D eigenvalue weighted by atomic mass is 35.5. The number of benzene rings is 1. The van der Waals surface area contributed by atoms with Crippen LogP contribution in [0, 0.1) is 29.1 Å². The summed E-state index contributed by atoms with van der Waals surface area (Å²) in [6.45, 7) is 4.49. The second-order valence-electron chi connectivity index (χ2n) is 10.2. The number of halogens is 1. The highest BCUT2D eigenvalue weighted by Gasteiger charge is 2.69. The number of allylic oxidation sites excluding steroid dienone is 2. The lowest BCUT2D eigenvalue weighted by atomic mass is 9.81. The number of hydrogen-bond donors (Lipinski definition) is 3. The van der Waals surface area contributed by atoms with Crippen molar-refractivity contribution >= 4 is 29.9 Å². The van der Waals surface area contributed by atoms with Crippen LogP contribution in [0.5, 0.6) is 0 Å². The Bertz CT molecular complexity index is 925. The summed E-state index contributed by atoms with van der Waals surface area (Å²) in [7, 11) is 0. The summed E-state index contributed by atoms with van der Waals surface area (Å²) < 4.78 is 0. The molecular formula is C27H36ClN3O4. The third kappa shape index (κ3) is 5.72. The van der Waals surface area contributed by atoms with E-state index in [0.717, 1.165) is 37.8 Å². The minimum atomic E-state index is -0.260. The number of nitrogens with zero attached hydrogens (tertiary/aromatic N) is 1. The zero-order valence-electron chi connectivity index (χ0n) is 20.1. The molecule has 35 heavy (non-hydrogen) atoms. The van der Waals surface area contributed by atoms with E-state index >= 15 is 0 Å². The molecule has 0 radical (unpaired) electrons. The van der Waals surface area contributed by atoms with E-state index < -0.39 is 0 Å². The maximum Gasteiger partial charge on any atom is 0.290 e. The molecule has 1 aromatic carbocycles. The van der Waals surface area contributed by atoms with Gasteiger partial charge in [-0.05, 0) is 93.1 Å². The molecule has 2 saturated carbocycles. The van der Waals surface area contributed by atoms with Crippen molar-refractivity contribution in [2.45, 2.75) is 45.1 Å². The molecule has 8 heteroatoms. The molecule has 4 atom stereocenters. The van der Waals surface area contributed by atoms with Gasteiger partial charge >= 0.3 is 0 Å². The Morgan fingerprint density at radius 2 is 1.57 bits per heavy atom. The average Bonchev–Trinajstić information content (AvgIpc) is 3.21. The Kier molecular flexibility index (Phi) is 8.50. The van der Waals surface area contributed by atoms with E-state index in [1.54, 1.807) is 0 Å². The van der Waals surface area contributed by atoms with E-state index in [-0.39, 0.29) is 47.4 Å². The summed E-state index contributed by atoms with van der Waals surface area (Å²) in [5.74, 6) is -0.00841. The fraction of sp³-hybridized carbons (Fsp3) is 0.593. The Morgan fingerprint density at radius 3 is 2.14 bits per heavy atom. The second kappa shape index (κ2) is 11.6. The summed E-state index contributed by atoms with van der Waals surface area (Å²) in [4.78, 5) is 37.4. The second-order valence-corrected chi connectivity index (χ2v) is 10.7. The van der Waals surface area contributed by atoms with Crippen molar-refractivity contribution in [1.29, 1.82) is 0 Å².